The number of rotatable bonds is 5. The Labute approximate surface area is 110 Å². The highest BCUT2D eigenvalue weighted by molar-refractivity contribution is 5.28. The Morgan fingerprint density at radius 3 is 2.79 bits per heavy atom. The Bertz CT molecular complexity index is 553. The SMILES string of the molecule is Cn1nnc(CC(CN)(CO)c2cccc(F)c2)n1. The molecular weight excluding hydrogens is 249 g/mol. The van der Waals surface area contributed by atoms with Crippen molar-refractivity contribution < 1.29 is 9.50 Å². The molecule has 0 fully saturated rings. The molecule has 3 N–H and O–H groups in total. The molecule has 0 aliphatic carbocycles. The molecule has 1 aromatic carbocycles. The molecule has 1 atom stereocenters. The van der Waals surface area contributed by atoms with E-state index < -0.39 is 5.41 Å². The molecule has 0 aliphatic heterocycles. The van der Waals surface area contributed by atoms with Gasteiger partial charge < -0.3 is 10.8 Å². The van der Waals surface area contributed by atoms with E-state index in [9.17, 15) is 9.50 Å². The summed E-state index contributed by atoms with van der Waals surface area (Å²) in [5, 5.41) is 21.4. The van der Waals surface area contributed by atoms with Crippen LogP contribution in [0.25, 0.3) is 0 Å². The number of aliphatic hydroxyl groups excluding tert-OH is 1. The van der Waals surface area contributed by atoms with Crippen LogP contribution in [0.1, 0.15) is 11.4 Å². The van der Waals surface area contributed by atoms with Crippen LogP contribution in [0.5, 0.6) is 0 Å². The quantitative estimate of drug-likeness (QED) is 0.780. The molecular formula is C12H16FN5O. The average Bonchev–Trinajstić information content (AvgIpc) is 2.81. The maximum Gasteiger partial charge on any atom is 0.175 e. The van der Waals surface area contributed by atoms with Crippen LogP contribution in [0.4, 0.5) is 4.39 Å². The summed E-state index contributed by atoms with van der Waals surface area (Å²) in [6.07, 6.45) is 0.303. The van der Waals surface area contributed by atoms with Gasteiger partial charge >= 0.3 is 0 Å². The monoisotopic (exact) mass is 265 g/mol. The van der Waals surface area contributed by atoms with Crippen LogP contribution in [0.3, 0.4) is 0 Å². The second-order valence-electron chi connectivity index (χ2n) is 4.52. The Kier molecular flexibility index (Phi) is 3.87. The highest BCUT2D eigenvalue weighted by Gasteiger charge is 2.32. The van der Waals surface area contributed by atoms with Gasteiger partial charge in [0.05, 0.1) is 13.7 Å². The van der Waals surface area contributed by atoms with Crippen molar-refractivity contribution in [1.82, 2.24) is 20.2 Å². The molecule has 0 bridgehead atoms. The first-order valence-electron chi connectivity index (χ1n) is 5.89. The van der Waals surface area contributed by atoms with E-state index in [4.69, 9.17) is 5.73 Å². The second-order valence-corrected chi connectivity index (χ2v) is 4.52. The molecule has 0 spiro atoms. The minimum Gasteiger partial charge on any atom is -0.395 e. The van der Waals surface area contributed by atoms with E-state index in [1.165, 1.54) is 16.9 Å². The van der Waals surface area contributed by atoms with Crippen molar-refractivity contribution in [2.24, 2.45) is 12.8 Å². The molecule has 0 amide bonds. The molecule has 7 heteroatoms. The van der Waals surface area contributed by atoms with Crippen molar-refractivity contribution in [2.75, 3.05) is 13.2 Å². The third-order valence-electron chi connectivity index (χ3n) is 3.18. The predicted molar refractivity (Wildman–Crippen MR) is 66.7 cm³/mol. The van der Waals surface area contributed by atoms with Gasteiger partial charge in [-0.15, -0.1) is 10.2 Å². The van der Waals surface area contributed by atoms with Gasteiger partial charge in [0.2, 0.25) is 0 Å². The van der Waals surface area contributed by atoms with Crippen LogP contribution in [0, 0.1) is 5.82 Å². The summed E-state index contributed by atoms with van der Waals surface area (Å²) >= 11 is 0. The standard InChI is InChI=1S/C12H16FN5O/c1-18-16-11(15-17-18)6-12(7-14,8-19)9-3-2-4-10(13)5-9/h2-5,19H,6-8,14H2,1H3. The number of nitrogens with zero attached hydrogens (tertiary/aromatic N) is 4. The van der Waals surface area contributed by atoms with E-state index in [2.05, 4.69) is 15.4 Å². The fourth-order valence-corrected chi connectivity index (χ4v) is 2.02. The summed E-state index contributed by atoms with van der Waals surface area (Å²) in [5.41, 5.74) is 5.62. The Hall–Kier alpha value is -1.86. The number of hydrogen-bond donors (Lipinski definition) is 2. The summed E-state index contributed by atoms with van der Waals surface area (Å²) < 4.78 is 13.3. The number of aryl methyl sites for hydroxylation is 1. The maximum absolute atomic E-state index is 13.3. The van der Waals surface area contributed by atoms with E-state index in [0.717, 1.165) is 0 Å². The van der Waals surface area contributed by atoms with Gasteiger partial charge in [-0.1, -0.05) is 12.1 Å². The van der Waals surface area contributed by atoms with Crippen molar-refractivity contribution in [3.63, 3.8) is 0 Å². The zero-order valence-corrected chi connectivity index (χ0v) is 10.6. The van der Waals surface area contributed by atoms with Crippen LogP contribution in [-0.2, 0) is 18.9 Å². The average molecular weight is 265 g/mol. The summed E-state index contributed by atoms with van der Waals surface area (Å²) in [7, 11) is 1.65. The zero-order valence-electron chi connectivity index (χ0n) is 10.6. The van der Waals surface area contributed by atoms with Crippen molar-refractivity contribution in [3.8, 4) is 0 Å². The van der Waals surface area contributed by atoms with Crippen molar-refractivity contribution >= 4 is 0 Å². The van der Waals surface area contributed by atoms with Gasteiger partial charge in [-0.3, -0.25) is 0 Å². The zero-order chi connectivity index (χ0) is 13.9. The van der Waals surface area contributed by atoms with Crippen molar-refractivity contribution in [1.29, 1.82) is 0 Å². The minimum absolute atomic E-state index is 0.158. The lowest BCUT2D eigenvalue weighted by molar-refractivity contribution is 0.193. The maximum atomic E-state index is 13.3. The van der Waals surface area contributed by atoms with Gasteiger partial charge in [0.1, 0.15) is 5.82 Å². The first-order chi connectivity index (χ1) is 9.09. The van der Waals surface area contributed by atoms with Crippen LogP contribution in [0.15, 0.2) is 24.3 Å². The molecule has 19 heavy (non-hydrogen) atoms. The van der Waals surface area contributed by atoms with Gasteiger partial charge in [-0.2, -0.15) is 4.80 Å². The second kappa shape index (κ2) is 5.41. The van der Waals surface area contributed by atoms with Gasteiger partial charge in [0, 0.05) is 18.4 Å². The highest BCUT2D eigenvalue weighted by atomic mass is 19.1. The summed E-state index contributed by atoms with van der Waals surface area (Å²) in [6, 6.07) is 6.06. The lowest BCUT2D eigenvalue weighted by atomic mass is 9.78. The molecule has 102 valence electrons. The number of aliphatic hydroxyl groups is 1. The number of hydrogen-bond acceptors (Lipinski definition) is 5. The molecule has 6 nitrogen and oxygen atoms in total. The molecule has 1 aromatic heterocycles. The van der Waals surface area contributed by atoms with Crippen LogP contribution >= 0.6 is 0 Å². The van der Waals surface area contributed by atoms with Crippen molar-refractivity contribution in [3.05, 3.63) is 41.5 Å². The van der Waals surface area contributed by atoms with Crippen LogP contribution in [-0.4, -0.2) is 38.5 Å². The molecule has 1 unspecified atom stereocenters. The Balaban J connectivity index is 2.37. The fraction of sp³-hybridized carbons (Fsp3) is 0.417. The highest BCUT2D eigenvalue weighted by Crippen LogP contribution is 2.26. The van der Waals surface area contributed by atoms with E-state index >= 15 is 0 Å². The number of halogens is 1. The molecule has 0 saturated carbocycles. The molecule has 2 aromatic rings. The largest absolute Gasteiger partial charge is 0.395 e. The van der Waals surface area contributed by atoms with Gasteiger partial charge in [-0.25, -0.2) is 4.39 Å². The first-order valence-corrected chi connectivity index (χ1v) is 5.89. The van der Waals surface area contributed by atoms with Gasteiger partial charge in [-0.05, 0) is 22.9 Å². The molecule has 2 rings (SSSR count). The van der Waals surface area contributed by atoms with E-state index in [-0.39, 0.29) is 19.0 Å². The number of nitrogens with two attached hydrogens (primary N) is 1. The fourth-order valence-electron chi connectivity index (χ4n) is 2.02. The molecule has 1 heterocycles. The summed E-state index contributed by atoms with van der Waals surface area (Å²) in [5.74, 6) is 0.0992. The van der Waals surface area contributed by atoms with E-state index in [1.807, 2.05) is 0 Å². The van der Waals surface area contributed by atoms with E-state index in [1.54, 1.807) is 19.2 Å². The van der Waals surface area contributed by atoms with E-state index in [0.29, 0.717) is 17.8 Å². The van der Waals surface area contributed by atoms with Gasteiger partial charge in [0.25, 0.3) is 0 Å². The Morgan fingerprint density at radius 1 is 1.47 bits per heavy atom. The van der Waals surface area contributed by atoms with Gasteiger partial charge in [0.15, 0.2) is 5.82 Å². The molecule has 0 saturated heterocycles. The number of aromatic nitrogens is 4. The minimum atomic E-state index is -0.800. The van der Waals surface area contributed by atoms with Crippen LogP contribution < -0.4 is 5.73 Å². The lowest BCUT2D eigenvalue weighted by Crippen LogP contribution is -2.41. The normalized spacial score (nSPS) is 14.3. The number of tetrazole rings is 1. The lowest BCUT2D eigenvalue weighted by Gasteiger charge is -2.29. The van der Waals surface area contributed by atoms with Crippen molar-refractivity contribution in [2.45, 2.75) is 11.8 Å². The Morgan fingerprint density at radius 2 is 2.26 bits per heavy atom. The topological polar surface area (TPSA) is 89.9 Å². The third-order valence-corrected chi connectivity index (χ3v) is 3.18. The van der Waals surface area contributed by atoms with Crippen LogP contribution in [0.2, 0.25) is 0 Å². The summed E-state index contributed by atoms with van der Waals surface area (Å²) in [6.45, 7) is -0.0591. The third kappa shape index (κ3) is 2.77. The molecule has 0 aliphatic rings. The predicted octanol–water partition coefficient (Wildman–Crippen LogP) is -0.219. The number of benzene rings is 1. The molecule has 0 radical (unpaired) electrons. The first kappa shape index (κ1) is 13.6. The summed E-state index contributed by atoms with van der Waals surface area (Å²) in [4.78, 5) is 1.33. The smallest absolute Gasteiger partial charge is 0.175 e.